The first-order valence-electron chi connectivity index (χ1n) is 6.08. The van der Waals surface area contributed by atoms with E-state index >= 15 is 0 Å². The van der Waals surface area contributed by atoms with Gasteiger partial charge in [0.05, 0.1) is 16.9 Å². The van der Waals surface area contributed by atoms with Gasteiger partial charge in [-0.25, -0.2) is 9.18 Å². The van der Waals surface area contributed by atoms with Crippen molar-refractivity contribution in [2.45, 2.75) is 13.8 Å². The summed E-state index contributed by atoms with van der Waals surface area (Å²) in [5, 5.41) is 12.3. The highest BCUT2D eigenvalue weighted by molar-refractivity contribution is 5.84. The molecule has 0 atom stereocenters. The van der Waals surface area contributed by atoms with Crippen LogP contribution in [0.2, 0.25) is 0 Å². The first-order chi connectivity index (χ1) is 9.97. The number of aryl methyl sites for hydroxylation is 2. The molecule has 0 fully saturated rings. The number of rotatable bonds is 5. The maximum atomic E-state index is 13.7. The number of hydrogen-bond acceptors (Lipinski definition) is 5. The molecule has 21 heavy (non-hydrogen) atoms. The Morgan fingerprint density at radius 1 is 1.52 bits per heavy atom. The molecule has 0 spiro atoms. The molecule has 0 unspecified atom stereocenters. The van der Waals surface area contributed by atoms with Crippen LogP contribution in [0.15, 0.2) is 27.7 Å². The van der Waals surface area contributed by atoms with Gasteiger partial charge >= 0.3 is 5.97 Å². The summed E-state index contributed by atoms with van der Waals surface area (Å²) in [4.78, 5) is 14.5. The number of halogens is 1. The minimum Gasteiger partial charge on any atom is -0.479 e. The second-order valence-corrected chi connectivity index (χ2v) is 4.29. The Bertz CT molecular complexity index is 675. The number of ether oxygens (including phenoxy) is 1. The Kier molecular flexibility index (Phi) is 4.32. The van der Waals surface area contributed by atoms with Crippen molar-refractivity contribution in [2.75, 3.05) is 6.61 Å². The van der Waals surface area contributed by atoms with Crippen molar-refractivity contribution >= 4 is 17.9 Å². The maximum Gasteiger partial charge on any atom is 0.341 e. The minimum atomic E-state index is -1.17. The number of nitrogens with zero attached hydrogens (tertiary/aromatic N) is 2. The molecule has 0 bridgehead atoms. The Labute approximate surface area is 119 Å². The summed E-state index contributed by atoms with van der Waals surface area (Å²) in [7, 11) is 0. The van der Waals surface area contributed by atoms with Gasteiger partial charge in [0, 0.05) is 12.3 Å². The summed E-state index contributed by atoms with van der Waals surface area (Å²) < 4.78 is 23.5. The van der Waals surface area contributed by atoms with E-state index < -0.39 is 18.4 Å². The Morgan fingerprint density at radius 2 is 2.29 bits per heavy atom. The van der Waals surface area contributed by atoms with Gasteiger partial charge in [-0.3, -0.25) is 4.99 Å². The molecule has 6 nitrogen and oxygen atoms in total. The third kappa shape index (κ3) is 3.65. The van der Waals surface area contributed by atoms with Crippen molar-refractivity contribution in [1.29, 1.82) is 0 Å². The van der Waals surface area contributed by atoms with Crippen molar-refractivity contribution in [3.05, 3.63) is 41.0 Å². The largest absolute Gasteiger partial charge is 0.479 e. The monoisotopic (exact) mass is 292 g/mol. The van der Waals surface area contributed by atoms with Gasteiger partial charge < -0.3 is 14.4 Å². The van der Waals surface area contributed by atoms with Crippen LogP contribution in [0, 0.1) is 19.7 Å². The lowest BCUT2D eigenvalue weighted by molar-refractivity contribution is -0.139. The molecule has 0 saturated carbocycles. The van der Waals surface area contributed by atoms with Crippen molar-refractivity contribution in [3.8, 4) is 5.75 Å². The average molecular weight is 292 g/mol. The lowest BCUT2D eigenvalue weighted by Crippen LogP contribution is -2.10. The molecule has 2 rings (SSSR count). The lowest BCUT2D eigenvalue weighted by Gasteiger charge is -2.04. The van der Waals surface area contributed by atoms with Crippen LogP contribution in [0.5, 0.6) is 5.75 Å². The molecule has 1 aromatic heterocycles. The van der Waals surface area contributed by atoms with Crippen LogP contribution in [0.1, 0.15) is 17.0 Å². The molecule has 0 aliphatic carbocycles. The predicted octanol–water partition coefficient (Wildman–Crippen LogP) is 2.64. The third-order valence-corrected chi connectivity index (χ3v) is 2.70. The molecular weight excluding hydrogens is 279 g/mol. The number of aliphatic imine (C=N–C) groups is 1. The SMILES string of the molecule is Cc1noc(C)c1C=Nc1ccc(OCC(=O)O)c(F)c1. The molecule has 1 heterocycles. The summed E-state index contributed by atoms with van der Waals surface area (Å²) in [5.74, 6) is -1.36. The van der Waals surface area contributed by atoms with Crippen LogP contribution in [0.25, 0.3) is 0 Å². The molecule has 1 N–H and O–H groups in total. The van der Waals surface area contributed by atoms with E-state index in [1.807, 2.05) is 0 Å². The highest BCUT2D eigenvalue weighted by Gasteiger charge is 2.08. The highest BCUT2D eigenvalue weighted by atomic mass is 19.1. The van der Waals surface area contributed by atoms with Crippen LogP contribution in [-0.2, 0) is 4.79 Å². The Morgan fingerprint density at radius 3 is 2.86 bits per heavy atom. The second-order valence-electron chi connectivity index (χ2n) is 4.29. The Balaban J connectivity index is 2.15. The fourth-order valence-corrected chi connectivity index (χ4v) is 1.64. The lowest BCUT2D eigenvalue weighted by atomic mass is 10.2. The van der Waals surface area contributed by atoms with E-state index in [0.717, 1.165) is 11.6 Å². The highest BCUT2D eigenvalue weighted by Crippen LogP contribution is 2.23. The van der Waals surface area contributed by atoms with Crippen LogP contribution in [-0.4, -0.2) is 29.1 Å². The molecule has 0 amide bonds. The maximum absolute atomic E-state index is 13.7. The zero-order valence-electron chi connectivity index (χ0n) is 11.5. The molecule has 0 radical (unpaired) electrons. The van der Waals surface area contributed by atoms with Crippen LogP contribution in [0.4, 0.5) is 10.1 Å². The fraction of sp³-hybridized carbons (Fsp3) is 0.214. The first kappa shape index (κ1) is 14.7. The van der Waals surface area contributed by atoms with E-state index in [1.54, 1.807) is 13.8 Å². The number of carboxylic acid groups (broad SMARTS) is 1. The van der Waals surface area contributed by atoms with E-state index in [-0.39, 0.29) is 5.75 Å². The smallest absolute Gasteiger partial charge is 0.341 e. The van der Waals surface area contributed by atoms with Gasteiger partial charge in [-0.1, -0.05) is 5.16 Å². The number of hydrogen-bond donors (Lipinski definition) is 1. The number of aromatic nitrogens is 1. The molecule has 7 heteroatoms. The zero-order chi connectivity index (χ0) is 15.4. The van der Waals surface area contributed by atoms with E-state index in [4.69, 9.17) is 14.4 Å². The van der Waals surface area contributed by atoms with Crippen molar-refractivity contribution < 1.29 is 23.6 Å². The van der Waals surface area contributed by atoms with Crippen molar-refractivity contribution in [2.24, 2.45) is 4.99 Å². The van der Waals surface area contributed by atoms with Gasteiger partial charge in [0.1, 0.15) is 5.76 Å². The van der Waals surface area contributed by atoms with E-state index in [1.165, 1.54) is 18.3 Å². The quantitative estimate of drug-likeness (QED) is 0.856. The van der Waals surface area contributed by atoms with Gasteiger partial charge in [0.2, 0.25) is 0 Å². The molecule has 1 aromatic carbocycles. The summed E-state index contributed by atoms with van der Waals surface area (Å²) >= 11 is 0. The summed E-state index contributed by atoms with van der Waals surface area (Å²) in [5.41, 5.74) is 1.80. The van der Waals surface area contributed by atoms with Gasteiger partial charge in [0.15, 0.2) is 18.2 Å². The standard InChI is InChI=1S/C14H13FN2O4/c1-8-11(9(2)21-17-8)6-16-10-3-4-13(12(15)5-10)20-7-14(18)19/h3-6H,7H2,1-2H3,(H,18,19). The summed E-state index contributed by atoms with van der Waals surface area (Å²) in [6.07, 6.45) is 1.54. The van der Waals surface area contributed by atoms with Gasteiger partial charge in [-0.2, -0.15) is 0 Å². The number of carbonyl (C=O) groups is 1. The van der Waals surface area contributed by atoms with E-state index in [0.29, 0.717) is 17.1 Å². The predicted molar refractivity (Wildman–Crippen MR) is 72.8 cm³/mol. The topological polar surface area (TPSA) is 84.9 Å². The zero-order valence-corrected chi connectivity index (χ0v) is 11.5. The normalized spacial score (nSPS) is 11.0. The van der Waals surface area contributed by atoms with Gasteiger partial charge in [-0.15, -0.1) is 0 Å². The molecule has 2 aromatic rings. The van der Waals surface area contributed by atoms with Crippen molar-refractivity contribution in [1.82, 2.24) is 5.16 Å². The van der Waals surface area contributed by atoms with Crippen molar-refractivity contribution in [3.63, 3.8) is 0 Å². The molecular formula is C14H13FN2O4. The van der Waals surface area contributed by atoms with Crippen LogP contribution in [0.3, 0.4) is 0 Å². The van der Waals surface area contributed by atoms with Crippen LogP contribution < -0.4 is 4.74 Å². The summed E-state index contributed by atoms with van der Waals surface area (Å²) in [6.45, 7) is 2.94. The molecule has 110 valence electrons. The number of benzene rings is 1. The third-order valence-electron chi connectivity index (χ3n) is 2.70. The number of aliphatic carboxylic acids is 1. The van der Waals surface area contributed by atoms with Crippen LogP contribution >= 0.6 is 0 Å². The molecule has 0 aliphatic rings. The average Bonchev–Trinajstić information content (AvgIpc) is 2.74. The van der Waals surface area contributed by atoms with E-state index in [9.17, 15) is 9.18 Å². The molecule has 0 saturated heterocycles. The number of carboxylic acids is 1. The van der Waals surface area contributed by atoms with Gasteiger partial charge in [0.25, 0.3) is 0 Å². The van der Waals surface area contributed by atoms with Gasteiger partial charge in [-0.05, 0) is 26.0 Å². The minimum absolute atomic E-state index is 0.131. The second kappa shape index (κ2) is 6.17. The Hall–Kier alpha value is -2.70. The summed E-state index contributed by atoms with van der Waals surface area (Å²) in [6, 6.07) is 4.01. The van der Waals surface area contributed by atoms with E-state index in [2.05, 4.69) is 10.1 Å². The fourth-order valence-electron chi connectivity index (χ4n) is 1.64. The first-order valence-corrected chi connectivity index (χ1v) is 6.08. The molecule has 0 aliphatic heterocycles.